The second kappa shape index (κ2) is 11.1. The number of carbonyl (C=O) groups excluding carboxylic acids is 1. The predicted molar refractivity (Wildman–Crippen MR) is 124 cm³/mol. The average Bonchev–Trinajstić information content (AvgIpc) is 3.26. The minimum Gasteiger partial charge on any atom is -0.497 e. The van der Waals surface area contributed by atoms with E-state index in [0.29, 0.717) is 5.96 Å². The highest BCUT2D eigenvalue weighted by molar-refractivity contribution is 5.94. The molecular formula is C23H31N5O3. The van der Waals surface area contributed by atoms with E-state index in [0.717, 1.165) is 48.9 Å². The summed E-state index contributed by atoms with van der Waals surface area (Å²) in [4.78, 5) is 18.9. The number of nitrogens with one attached hydrogen (secondary N) is 3. The fourth-order valence-electron chi connectivity index (χ4n) is 3.47. The lowest BCUT2D eigenvalue weighted by atomic mass is 10.2. The first-order valence-corrected chi connectivity index (χ1v) is 10.5. The molecule has 1 unspecified atom stereocenters. The molecule has 1 amide bonds. The molecule has 0 saturated carbocycles. The van der Waals surface area contributed by atoms with Crippen molar-refractivity contribution in [1.82, 2.24) is 10.6 Å². The van der Waals surface area contributed by atoms with Crippen LogP contribution < -0.4 is 30.3 Å². The third-order valence-electron chi connectivity index (χ3n) is 5.01. The van der Waals surface area contributed by atoms with E-state index in [1.807, 2.05) is 55.5 Å². The number of methoxy groups -OCH3 is 2. The van der Waals surface area contributed by atoms with E-state index < -0.39 is 0 Å². The molecule has 1 fully saturated rings. The van der Waals surface area contributed by atoms with Crippen molar-refractivity contribution in [1.29, 1.82) is 0 Å². The second-order valence-electron chi connectivity index (χ2n) is 7.26. The Morgan fingerprint density at radius 1 is 1.13 bits per heavy atom. The average molecular weight is 426 g/mol. The first kappa shape index (κ1) is 22.3. The molecule has 1 heterocycles. The number of ether oxygens (including phenoxy) is 2. The maximum Gasteiger partial charge on any atom is 0.246 e. The van der Waals surface area contributed by atoms with Crippen LogP contribution >= 0.6 is 0 Å². The predicted octanol–water partition coefficient (Wildman–Crippen LogP) is 2.48. The summed E-state index contributed by atoms with van der Waals surface area (Å²) in [5.74, 6) is 2.02. The minimum absolute atomic E-state index is 0.0494. The van der Waals surface area contributed by atoms with Gasteiger partial charge in [0.1, 0.15) is 18.0 Å². The molecule has 166 valence electrons. The van der Waals surface area contributed by atoms with Crippen molar-refractivity contribution in [2.45, 2.75) is 19.4 Å². The Balaban J connectivity index is 1.58. The first-order chi connectivity index (χ1) is 15.1. The van der Waals surface area contributed by atoms with Crippen LogP contribution in [0.5, 0.6) is 11.5 Å². The number of aliphatic imine (C=N–C) groups is 1. The lowest BCUT2D eigenvalue weighted by molar-refractivity contribution is -0.114. The number of rotatable bonds is 8. The number of guanidine groups is 1. The minimum atomic E-state index is -0.153. The highest BCUT2D eigenvalue weighted by atomic mass is 16.5. The molecule has 0 bridgehead atoms. The van der Waals surface area contributed by atoms with Gasteiger partial charge in [-0.1, -0.05) is 18.2 Å². The van der Waals surface area contributed by atoms with Crippen LogP contribution in [-0.4, -0.2) is 58.3 Å². The standard InChI is InChI=1S/C23H31N5O3/c1-4-24-23(25-15-22(29)26-17-8-6-5-7-9-17)27-18-10-11-28(16-18)19-12-20(30-2)14-21(13-19)31-3/h5-9,12-14,18H,4,10-11,15-16H2,1-3H3,(H,26,29)(H2,24,25,27). The molecule has 1 saturated heterocycles. The molecular weight excluding hydrogens is 394 g/mol. The zero-order valence-electron chi connectivity index (χ0n) is 18.4. The Kier molecular flexibility index (Phi) is 7.98. The van der Waals surface area contributed by atoms with Crippen LogP contribution in [0.25, 0.3) is 0 Å². The summed E-state index contributed by atoms with van der Waals surface area (Å²) in [6.07, 6.45) is 0.958. The lowest BCUT2D eigenvalue weighted by Crippen LogP contribution is -2.45. The monoisotopic (exact) mass is 425 g/mol. The van der Waals surface area contributed by atoms with E-state index in [-0.39, 0.29) is 18.5 Å². The number of para-hydroxylation sites is 1. The highest BCUT2D eigenvalue weighted by Gasteiger charge is 2.24. The normalized spacial score (nSPS) is 16.0. The van der Waals surface area contributed by atoms with Gasteiger partial charge in [-0.2, -0.15) is 0 Å². The molecule has 0 spiro atoms. The van der Waals surface area contributed by atoms with Crippen molar-refractivity contribution in [3.63, 3.8) is 0 Å². The van der Waals surface area contributed by atoms with Gasteiger partial charge in [0, 0.05) is 55.2 Å². The Hall–Kier alpha value is -3.42. The molecule has 3 rings (SSSR count). The second-order valence-corrected chi connectivity index (χ2v) is 7.26. The van der Waals surface area contributed by atoms with E-state index in [9.17, 15) is 4.79 Å². The molecule has 1 aliphatic heterocycles. The zero-order valence-corrected chi connectivity index (χ0v) is 18.4. The number of nitrogens with zero attached hydrogens (tertiary/aromatic N) is 2. The van der Waals surface area contributed by atoms with E-state index >= 15 is 0 Å². The largest absolute Gasteiger partial charge is 0.497 e. The molecule has 0 aliphatic carbocycles. The highest BCUT2D eigenvalue weighted by Crippen LogP contribution is 2.30. The number of benzene rings is 2. The molecule has 0 radical (unpaired) electrons. The topological polar surface area (TPSA) is 87.2 Å². The van der Waals surface area contributed by atoms with Gasteiger partial charge in [-0.15, -0.1) is 0 Å². The number of hydrogen-bond acceptors (Lipinski definition) is 5. The summed E-state index contributed by atoms with van der Waals surface area (Å²) in [7, 11) is 3.31. The van der Waals surface area contributed by atoms with Crippen LogP contribution in [0, 0.1) is 0 Å². The van der Waals surface area contributed by atoms with Crippen molar-refractivity contribution in [2.75, 3.05) is 50.6 Å². The Morgan fingerprint density at radius 2 is 1.84 bits per heavy atom. The molecule has 1 atom stereocenters. The fraction of sp³-hybridized carbons (Fsp3) is 0.391. The van der Waals surface area contributed by atoms with Gasteiger partial charge in [0.05, 0.1) is 14.2 Å². The Morgan fingerprint density at radius 3 is 2.48 bits per heavy atom. The van der Waals surface area contributed by atoms with E-state index in [2.05, 4.69) is 25.8 Å². The van der Waals surface area contributed by atoms with Crippen LogP contribution in [-0.2, 0) is 4.79 Å². The fourth-order valence-corrected chi connectivity index (χ4v) is 3.47. The summed E-state index contributed by atoms with van der Waals surface area (Å²) in [5, 5.41) is 9.52. The summed E-state index contributed by atoms with van der Waals surface area (Å²) in [6, 6.07) is 15.5. The SMILES string of the molecule is CCNC(=NCC(=O)Nc1ccccc1)NC1CCN(c2cc(OC)cc(OC)c2)C1. The van der Waals surface area contributed by atoms with Gasteiger partial charge < -0.3 is 30.3 Å². The smallest absolute Gasteiger partial charge is 0.246 e. The van der Waals surface area contributed by atoms with Crippen LogP contribution in [0.3, 0.4) is 0 Å². The van der Waals surface area contributed by atoms with Gasteiger partial charge in [-0.25, -0.2) is 4.99 Å². The summed E-state index contributed by atoms with van der Waals surface area (Å²) >= 11 is 0. The van der Waals surface area contributed by atoms with Crippen molar-refractivity contribution in [3.8, 4) is 11.5 Å². The summed E-state index contributed by atoms with van der Waals surface area (Å²) in [6.45, 7) is 4.49. The van der Waals surface area contributed by atoms with Crippen molar-refractivity contribution < 1.29 is 14.3 Å². The Bertz CT molecular complexity index is 866. The van der Waals surface area contributed by atoms with Gasteiger partial charge in [0.2, 0.25) is 5.91 Å². The number of amides is 1. The first-order valence-electron chi connectivity index (χ1n) is 10.5. The van der Waals surface area contributed by atoms with Crippen molar-refractivity contribution in [3.05, 3.63) is 48.5 Å². The van der Waals surface area contributed by atoms with Crippen molar-refractivity contribution >= 4 is 23.2 Å². The number of anilines is 2. The van der Waals surface area contributed by atoms with Gasteiger partial charge in [0.15, 0.2) is 5.96 Å². The van der Waals surface area contributed by atoms with E-state index in [4.69, 9.17) is 9.47 Å². The van der Waals surface area contributed by atoms with Gasteiger partial charge >= 0.3 is 0 Å². The maximum absolute atomic E-state index is 12.2. The maximum atomic E-state index is 12.2. The van der Waals surface area contributed by atoms with Crippen LogP contribution in [0.1, 0.15) is 13.3 Å². The molecule has 8 heteroatoms. The third-order valence-corrected chi connectivity index (χ3v) is 5.01. The van der Waals surface area contributed by atoms with Crippen molar-refractivity contribution in [2.24, 2.45) is 4.99 Å². The van der Waals surface area contributed by atoms with Gasteiger partial charge in [-0.05, 0) is 25.5 Å². The van der Waals surface area contributed by atoms with Crippen LogP contribution in [0.2, 0.25) is 0 Å². The quantitative estimate of drug-likeness (QED) is 0.445. The Labute approximate surface area is 183 Å². The number of carbonyl (C=O) groups is 1. The summed E-state index contributed by atoms with van der Waals surface area (Å²) < 4.78 is 10.8. The lowest BCUT2D eigenvalue weighted by Gasteiger charge is -2.21. The molecule has 2 aromatic carbocycles. The third kappa shape index (κ3) is 6.53. The van der Waals surface area contributed by atoms with Crippen LogP contribution in [0.4, 0.5) is 11.4 Å². The molecule has 0 aromatic heterocycles. The van der Waals surface area contributed by atoms with Crippen LogP contribution in [0.15, 0.2) is 53.5 Å². The molecule has 1 aliphatic rings. The van der Waals surface area contributed by atoms with E-state index in [1.54, 1.807) is 14.2 Å². The summed E-state index contributed by atoms with van der Waals surface area (Å²) in [5.41, 5.74) is 1.82. The van der Waals surface area contributed by atoms with Gasteiger partial charge in [-0.3, -0.25) is 4.79 Å². The molecule has 2 aromatic rings. The zero-order chi connectivity index (χ0) is 22.1. The van der Waals surface area contributed by atoms with Gasteiger partial charge in [0.25, 0.3) is 0 Å². The van der Waals surface area contributed by atoms with E-state index in [1.165, 1.54) is 0 Å². The molecule has 8 nitrogen and oxygen atoms in total. The molecule has 3 N–H and O–H groups in total. The molecule has 31 heavy (non-hydrogen) atoms. The number of hydrogen-bond donors (Lipinski definition) is 3.